The molecule has 106 valence electrons. The van der Waals surface area contributed by atoms with E-state index in [0.717, 1.165) is 5.56 Å². The molecule has 1 aromatic carbocycles. The topological polar surface area (TPSA) is 77.2 Å². The molecule has 0 saturated heterocycles. The van der Waals surface area contributed by atoms with Gasteiger partial charge in [-0.1, -0.05) is 30.3 Å². The summed E-state index contributed by atoms with van der Waals surface area (Å²) in [5.41, 5.74) is 6.48. The van der Waals surface area contributed by atoms with E-state index in [1.807, 2.05) is 30.3 Å². The van der Waals surface area contributed by atoms with Crippen molar-refractivity contribution in [1.82, 2.24) is 0 Å². The van der Waals surface area contributed by atoms with Crippen molar-refractivity contribution in [2.24, 2.45) is 5.73 Å². The number of benzene rings is 1. The summed E-state index contributed by atoms with van der Waals surface area (Å²) >= 11 is 0. The first kappa shape index (κ1) is 15.9. The van der Waals surface area contributed by atoms with Gasteiger partial charge in [0.1, 0.15) is 5.78 Å². The quantitative estimate of drug-likeness (QED) is 0.823. The lowest BCUT2D eigenvalue weighted by Gasteiger charge is -2.14. The van der Waals surface area contributed by atoms with Crippen LogP contribution in [0.15, 0.2) is 30.3 Å². The van der Waals surface area contributed by atoms with Crippen molar-refractivity contribution >= 4 is 15.6 Å². The van der Waals surface area contributed by atoms with Crippen molar-refractivity contribution < 1.29 is 13.2 Å². The van der Waals surface area contributed by atoms with Gasteiger partial charge in [-0.3, -0.25) is 4.79 Å². The van der Waals surface area contributed by atoms with Crippen molar-refractivity contribution in [3.63, 3.8) is 0 Å². The molecule has 0 amide bonds. The maximum atomic E-state index is 12.1. The summed E-state index contributed by atoms with van der Waals surface area (Å²) in [6, 6.07) is 9.23. The van der Waals surface area contributed by atoms with Crippen LogP contribution in [-0.4, -0.2) is 31.7 Å². The summed E-state index contributed by atoms with van der Waals surface area (Å²) in [6.07, 6.45) is 0.0251. The summed E-state index contributed by atoms with van der Waals surface area (Å²) in [4.78, 5) is 12.1. The van der Waals surface area contributed by atoms with Crippen LogP contribution in [0.25, 0.3) is 0 Å². The standard InChI is InChI=1S/C14H21NO3S/c1-11(2)19(17,18)9-8-14(16)13(10-15)12-6-4-3-5-7-12/h3-7,11,13H,8-10,15H2,1-2H3. The van der Waals surface area contributed by atoms with Gasteiger partial charge >= 0.3 is 0 Å². The second-order valence-corrected chi connectivity index (χ2v) is 7.51. The second-order valence-electron chi connectivity index (χ2n) is 4.83. The predicted octanol–water partition coefficient (Wildman–Crippen LogP) is 1.51. The predicted molar refractivity (Wildman–Crippen MR) is 76.8 cm³/mol. The molecule has 1 unspecified atom stereocenters. The molecule has 2 N–H and O–H groups in total. The van der Waals surface area contributed by atoms with Crippen LogP contribution in [0.5, 0.6) is 0 Å². The maximum absolute atomic E-state index is 12.1. The Labute approximate surface area is 114 Å². The van der Waals surface area contributed by atoms with Crippen LogP contribution in [0.1, 0.15) is 31.7 Å². The molecule has 0 aliphatic carbocycles. The number of Topliss-reactive ketones (excluding diaryl/α,β-unsaturated/α-hetero) is 1. The summed E-state index contributed by atoms with van der Waals surface area (Å²) in [5, 5.41) is -0.451. The number of rotatable bonds is 7. The highest BCUT2D eigenvalue weighted by Gasteiger charge is 2.23. The Morgan fingerprint density at radius 3 is 2.26 bits per heavy atom. The van der Waals surface area contributed by atoms with Gasteiger partial charge in [0.25, 0.3) is 0 Å². The van der Waals surface area contributed by atoms with Crippen molar-refractivity contribution in [3.8, 4) is 0 Å². The number of hydrogen-bond acceptors (Lipinski definition) is 4. The molecule has 1 atom stereocenters. The Kier molecular flexibility index (Phi) is 5.69. The lowest BCUT2D eigenvalue weighted by atomic mass is 9.93. The summed E-state index contributed by atoms with van der Waals surface area (Å²) in [5.74, 6) is -0.631. The fraction of sp³-hybridized carbons (Fsp3) is 0.500. The first-order valence-corrected chi connectivity index (χ1v) is 8.09. The Balaban J connectivity index is 2.72. The van der Waals surface area contributed by atoms with Gasteiger partial charge in [0.05, 0.1) is 16.9 Å². The molecule has 0 bridgehead atoms. The van der Waals surface area contributed by atoms with Gasteiger partial charge in [-0.05, 0) is 19.4 Å². The normalized spacial score (nSPS) is 13.5. The van der Waals surface area contributed by atoms with E-state index < -0.39 is 21.0 Å². The van der Waals surface area contributed by atoms with Crippen LogP contribution >= 0.6 is 0 Å². The number of hydrogen-bond donors (Lipinski definition) is 1. The van der Waals surface area contributed by atoms with Crippen LogP contribution < -0.4 is 5.73 Å². The number of nitrogens with two attached hydrogens (primary N) is 1. The Bertz CT molecular complexity index is 509. The van der Waals surface area contributed by atoms with E-state index in [0.29, 0.717) is 0 Å². The molecule has 0 heterocycles. The third kappa shape index (κ3) is 4.44. The monoisotopic (exact) mass is 283 g/mol. The van der Waals surface area contributed by atoms with E-state index in [1.54, 1.807) is 13.8 Å². The molecular weight excluding hydrogens is 262 g/mol. The molecule has 0 radical (unpaired) electrons. The third-order valence-electron chi connectivity index (χ3n) is 3.18. The SMILES string of the molecule is CC(C)S(=O)(=O)CCC(=O)C(CN)c1ccccc1. The van der Waals surface area contributed by atoms with Gasteiger partial charge in [0, 0.05) is 13.0 Å². The molecule has 0 aromatic heterocycles. The zero-order valence-corrected chi connectivity index (χ0v) is 12.2. The third-order valence-corrected chi connectivity index (χ3v) is 5.39. The molecule has 1 rings (SSSR count). The molecule has 0 aliphatic rings. The van der Waals surface area contributed by atoms with E-state index in [9.17, 15) is 13.2 Å². The molecule has 0 aliphatic heterocycles. The molecule has 5 heteroatoms. The zero-order valence-electron chi connectivity index (χ0n) is 11.4. The lowest BCUT2D eigenvalue weighted by molar-refractivity contribution is -0.119. The van der Waals surface area contributed by atoms with Crippen molar-refractivity contribution in [3.05, 3.63) is 35.9 Å². The zero-order chi connectivity index (χ0) is 14.5. The van der Waals surface area contributed by atoms with Crippen LogP contribution in [0.3, 0.4) is 0 Å². The smallest absolute Gasteiger partial charge is 0.153 e. The Hall–Kier alpha value is -1.20. The van der Waals surface area contributed by atoms with E-state index in [1.165, 1.54) is 0 Å². The minimum atomic E-state index is -3.18. The summed E-state index contributed by atoms with van der Waals surface area (Å²) in [6.45, 7) is 3.44. The van der Waals surface area contributed by atoms with E-state index in [4.69, 9.17) is 5.73 Å². The van der Waals surface area contributed by atoms with Crippen LogP contribution in [0.4, 0.5) is 0 Å². The minimum absolute atomic E-state index is 0.0251. The average Bonchev–Trinajstić information content (AvgIpc) is 2.38. The van der Waals surface area contributed by atoms with Crippen LogP contribution in [-0.2, 0) is 14.6 Å². The van der Waals surface area contributed by atoms with Crippen molar-refractivity contribution in [2.75, 3.05) is 12.3 Å². The van der Waals surface area contributed by atoms with Gasteiger partial charge in [-0.15, -0.1) is 0 Å². The molecular formula is C14H21NO3S. The number of carbonyl (C=O) groups is 1. The summed E-state index contributed by atoms with van der Waals surface area (Å²) < 4.78 is 23.4. The lowest BCUT2D eigenvalue weighted by Crippen LogP contribution is -2.25. The van der Waals surface area contributed by atoms with Crippen molar-refractivity contribution in [1.29, 1.82) is 0 Å². The van der Waals surface area contributed by atoms with Gasteiger partial charge in [0.2, 0.25) is 0 Å². The van der Waals surface area contributed by atoms with Gasteiger partial charge in [-0.25, -0.2) is 8.42 Å². The molecule has 0 fully saturated rings. The largest absolute Gasteiger partial charge is 0.329 e. The average molecular weight is 283 g/mol. The fourth-order valence-electron chi connectivity index (χ4n) is 1.79. The van der Waals surface area contributed by atoms with E-state index in [2.05, 4.69) is 0 Å². The molecule has 19 heavy (non-hydrogen) atoms. The van der Waals surface area contributed by atoms with E-state index >= 15 is 0 Å². The molecule has 1 aromatic rings. The van der Waals surface area contributed by atoms with Gasteiger partial charge in [0.15, 0.2) is 9.84 Å². The van der Waals surface area contributed by atoms with Gasteiger partial charge < -0.3 is 5.73 Å². The first-order valence-electron chi connectivity index (χ1n) is 6.37. The Morgan fingerprint density at radius 2 is 1.79 bits per heavy atom. The highest BCUT2D eigenvalue weighted by Crippen LogP contribution is 2.17. The molecule has 4 nitrogen and oxygen atoms in total. The molecule has 0 spiro atoms. The van der Waals surface area contributed by atoms with E-state index in [-0.39, 0.29) is 24.5 Å². The van der Waals surface area contributed by atoms with Crippen LogP contribution in [0, 0.1) is 0 Å². The maximum Gasteiger partial charge on any atom is 0.153 e. The fourth-order valence-corrected chi connectivity index (χ4v) is 2.75. The first-order chi connectivity index (χ1) is 8.88. The number of sulfone groups is 1. The van der Waals surface area contributed by atoms with Gasteiger partial charge in [-0.2, -0.15) is 0 Å². The highest BCUT2D eigenvalue weighted by molar-refractivity contribution is 7.91. The van der Waals surface area contributed by atoms with Crippen molar-refractivity contribution in [2.45, 2.75) is 31.4 Å². The second kappa shape index (κ2) is 6.82. The Morgan fingerprint density at radius 1 is 1.21 bits per heavy atom. The number of carbonyl (C=O) groups excluding carboxylic acids is 1. The molecule has 0 saturated carbocycles. The summed E-state index contributed by atoms with van der Waals surface area (Å²) in [7, 11) is -3.18. The number of ketones is 1. The highest BCUT2D eigenvalue weighted by atomic mass is 32.2. The minimum Gasteiger partial charge on any atom is -0.329 e. The van der Waals surface area contributed by atoms with Crippen LogP contribution in [0.2, 0.25) is 0 Å².